The van der Waals surface area contributed by atoms with Gasteiger partial charge < -0.3 is 15.7 Å². The number of aromatic carboxylic acids is 1. The zero-order valence-electron chi connectivity index (χ0n) is 10.4. The summed E-state index contributed by atoms with van der Waals surface area (Å²) in [5.74, 6) is 0.164. The normalized spacial score (nSPS) is 20.7. The molecule has 19 heavy (non-hydrogen) atoms. The van der Waals surface area contributed by atoms with Crippen LogP contribution in [0.3, 0.4) is 0 Å². The van der Waals surface area contributed by atoms with Crippen molar-refractivity contribution < 1.29 is 14.7 Å². The lowest BCUT2D eigenvalue weighted by atomic mass is 10.2. The second kappa shape index (κ2) is 5.48. The second-order valence-corrected chi connectivity index (χ2v) is 5.22. The van der Waals surface area contributed by atoms with Crippen LogP contribution in [0.1, 0.15) is 23.7 Å². The van der Waals surface area contributed by atoms with Crippen LogP contribution in [0.15, 0.2) is 18.2 Å². The van der Waals surface area contributed by atoms with Crippen molar-refractivity contribution in [3.8, 4) is 0 Å². The summed E-state index contributed by atoms with van der Waals surface area (Å²) < 4.78 is 0. The Morgan fingerprint density at radius 2 is 2.16 bits per heavy atom. The van der Waals surface area contributed by atoms with Gasteiger partial charge in [0.2, 0.25) is 0 Å². The fourth-order valence-corrected chi connectivity index (χ4v) is 2.11. The molecule has 1 fully saturated rings. The van der Waals surface area contributed by atoms with Gasteiger partial charge >= 0.3 is 12.0 Å². The number of hydrogen-bond acceptors (Lipinski definition) is 2. The van der Waals surface area contributed by atoms with Crippen LogP contribution in [0.25, 0.3) is 0 Å². The highest BCUT2D eigenvalue weighted by atomic mass is 35.5. The van der Waals surface area contributed by atoms with Gasteiger partial charge in [-0.1, -0.05) is 18.5 Å². The number of nitrogens with one attached hydrogen (secondary N) is 2. The maximum Gasteiger partial charge on any atom is 0.337 e. The summed E-state index contributed by atoms with van der Waals surface area (Å²) in [6, 6.07) is 3.99. The molecule has 0 saturated heterocycles. The maximum atomic E-state index is 11.6. The predicted octanol–water partition coefficient (Wildman–Crippen LogP) is 2.82. The molecular weight excluding hydrogens is 268 g/mol. The third-order valence-corrected chi connectivity index (χ3v) is 3.57. The van der Waals surface area contributed by atoms with Gasteiger partial charge in [0.1, 0.15) is 0 Å². The predicted molar refractivity (Wildman–Crippen MR) is 72.7 cm³/mol. The van der Waals surface area contributed by atoms with Crippen LogP contribution in [0, 0.1) is 11.8 Å². The molecule has 1 aliphatic carbocycles. The lowest BCUT2D eigenvalue weighted by molar-refractivity contribution is 0.0697. The van der Waals surface area contributed by atoms with Crippen molar-refractivity contribution in [1.29, 1.82) is 0 Å². The van der Waals surface area contributed by atoms with Gasteiger partial charge in [0.15, 0.2) is 0 Å². The lowest BCUT2D eigenvalue weighted by Gasteiger charge is -2.08. The van der Waals surface area contributed by atoms with Gasteiger partial charge in [-0.3, -0.25) is 0 Å². The summed E-state index contributed by atoms with van der Waals surface area (Å²) in [4.78, 5) is 22.4. The molecule has 1 aromatic rings. The Bertz CT molecular complexity index is 519. The molecule has 3 N–H and O–H groups in total. The zero-order valence-corrected chi connectivity index (χ0v) is 11.2. The van der Waals surface area contributed by atoms with E-state index in [0.29, 0.717) is 24.1 Å². The molecule has 1 aromatic carbocycles. The summed E-state index contributed by atoms with van der Waals surface area (Å²) in [5, 5.41) is 14.3. The first-order valence-corrected chi connectivity index (χ1v) is 6.43. The Morgan fingerprint density at radius 1 is 1.47 bits per heavy atom. The van der Waals surface area contributed by atoms with Crippen molar-refractivity contribution in [2.24, 2.45) is 11.8 Å². The Morgan fingerprint density at radius 3 is 2.68 bits per heavy atom. The molecule has 2 unspecified atom stereocenters. The molecular formula is C13H15ClN2O3. The van der Waals surface area contributed by atoms with Gasteiger partial charge in [-0.15, -0.1) is 0 Å². The van der Waals surface area contributed by atoms with Crippen LogP contribution in [-0.4, -0.2) is 23.7 Å². The highest BCUT2D eigenvalue weighted by Gasteiger charge is 2.32. The quantitative estimate of drug-likeness (QED) is 0.794. The molecule has 0 spiro atoms. The van der Waals surface area contributed by atoms with Crippen LogP contribution >= 0.6 is 11.6 Å². The molecule has 5 nitrogen and oxygen atoms in total. The smallest absolute Gasteiger partial charge is 0.337 e. The van der Waals surface area contributed by atoms with E-state index in [4.69, 9.17) is 16.7 Å². The van der Waals surface area contributed by atoms with E-state index >= 15 is 0 Å². The van der Waals surface area contributed by atoms with Crippen molar-refractivity contribution in [1.82, 2.24) is 5.32 Å². The monoisotopic (exact) mass is 282 g/mol. The van der Waals surface area contributed by atoms with Crippen molar-refractivity contribution in [2.45, 2.75) is 13.3 Å². The molecule has 2 atom stereocenters. The average molecular weight is 283 g/mol. The molecule has 0 bridgehead atoms. The first-order chi connectivity index (χ1) is 8.97. The Balaban J connectivity index is 1.89. The van der Waals surface area contributed by atoms with Gasteiger partial charge in [-0.05, 0) is 36.5 Å². The van der Waals surface area contributed by atoms with Gasteiger partial charge in [-0.2, -0.15) is 0 Å². The molecule has 0 radical (unpaired) electrons. The number of amides is 2. The van der Waals surface area contributed by atoms with Crippen molar-refractivity contribution in [2.75, 3.05) is 11.9 Å². The summed E-state index contributed by atoms with van der Waals surface area (Å²) >= 11 is 5.81. The van der Waals surface area contributed by atoms with Crippen molar-refractivity contribution >= 4 is 29.3 Å². The van der Waals surface area contributed by atoms with Gasteiger partial charge in [0, 0.05) is 12.2 Å². The van der Waals surface area contributed by atoms with E-state index in [1.807, 2.05) is 0 Å². The van der Waals surface area contributed by atoms with Crippen molar-refractivity contribution in [3.05, 3.63) is 28.8 Å². The Labute approximate surface area is 116 Å². The van der Waals surface area contributed by atoms with Gasteiger partial charge in [0.05, 0.1) is 10.6 Å². The number of carboxylic acid groups (broad SMARTS) is 1. The number of carbonyl (C=O) groups is 2. The number of rotatable bonds is 4. The number of urea groups is 1. The van der Waals surface area contributed by atoms with Gasteiger partial charge in [0.25, 0.3) is 0 Å². The van der Waals surface area contributed by atoms with Gasteiger partial charge in [-0.25, -0.2) is 9.59 Å². The minimum atomic E-state index is -1.09. The summed E-state index contributed by atoms with van der Waals surface area (Å²) in [6.45, 7) is 2.81. The van der Waals surface area contributed by atoms with Crippen LogP contribution in [0.4, 0.5) is 10.5 Å². The van der Waals surface area contributed by atoms with Crippen LogP contribution in [-0.2, 0) is 0 Å². The molecule has 0 heterocycles. The third kappa shape index (κ3) is 3.61. The molecule has 2 rings (SSSR count). The van der Waals surface area contributed by atoms with Crippen molar-refractivity contribution in [3.63, 3.8) is 0 Å². The van der Waals surface area contributed by atoms with Crippen LogP contribution in [0.5, 0.6) is 0 Å². The number of anilines is 1. The third-order valence-electron chi connectivity index (χ3n) is 3.26. The minimum absolute atomic E-state index is 0.0134. The second-order valence-electron chi connectivity index (χ2n) is 4.81. The minimum Gasteiger partial charge on any atom is -0.478 e. The molecule has 1 aliphatic rings. The van der Waals surface area contributed by atoms with E-state index in [1.165, 1.54) is 18.2 Å². The summed E-state index contributed by atoms with van der Waals surface area (Å²) in [6.07, 6.45) is 1.15. The molecule has 1 saturated carbocycles. The standard InChI is InChI=1S/C13H15ClN2O3/c1-7-4-8(7)6-15-13(19)16-9-2-3-10(12(17)18)11(14)5-9/h2-3,5,7-8H,4,6H2,1H3,(H,17,18)(H2,15,16,19). The first kappa shape index (κ1) is 13.7. The summed E-state index contributed by atoms with van der Waals surface area (Å²) in [7, 11) is 0. The fourth-order valence-electron chi connectivity index (χ4n) is 1.85. The lowest BCUT2D eigenvalue weighted by Crippen LogP contribution is -2.30. The fraction of sp³-hybridized carbons (Fsp3) is 0.385. The van der Waals surface area contributed by atoms with E-state index < -0.39 is 5.97 Å². The molecule has 2 amide bonds. The average Bonchev–Trinajstić information content (AvgIpc) is 3.02. The molecule has 102 valence electrons. The number of carbonyl (C=O) groups excluding carboxylic acids is 1. The maximum absolute atomic E-state index is 11.6. The SMILES string of the molecule is CC1CC1CNC(=O)Nc1ccc(C(=O)O)c(Cl)c1. The number of hydrogen-bond donors (Lipinski definition) is 3. The number of benzene rings is 1. The van der Waals surface area contributed by atoms with E-state index in [2.05, 4.69) is 17.6 Å². The number of halogens is 1. The molecule has 6 heteroatoms. The highest BCUT2D eigenvalue weighted by molar-refractivity contribution is 6.33. The van der Waals surface area contributed by atoms with E-state index in [9.17, 15) is 9.59 Å². The molecule has 0 aromatic heterocycles. The highest BCUT2D eigenvalue weighted by Crippen LogP contribution is 2.36. The topological polar surface area (TPSA) is 78.4 Å². The van der Waals surface area contributed by atoms with Crippen LogP contribution in [0.2, 0.25) is 5.02 Å². The van der Waals surface area contributed by atoms with E-state index in [-0.39, 0.29) is 16.6 Å². The van der Waals surface area contributed by atoms with E-state index in [0.717, 1.165) is 6.42 Å². The Hall–Kier alpha value is -1.75. The van der Waals surface area contributed by atoms with E-state index in [1.54, 1.807) is 0 Å². The zero-order chi connectivity index (χ0) is 14.0. The summed E-state index contributed by atoms with van der Waals surface area (Å²) in [5.41, 5.74) is 0.482. The molecule has 0 aliphatic heterocycles. The number of carboxylic acids is 1. The Kier molecular flexibility index (Phi) is 3.95. The van der Waals surface area contributed by atoms with Crippen LogP contribution < -0.4 is 10.6 Å². The first-order valence-electron chi connectivity index (χ1n) is 6.05. The largest absolute Gasteiger partial charge is 0.478 e.